The van der Waals surface area contributed by atoms with E-state index in [1.54, 1.807) is 0 Å². The molecule has 4 rings (SSSR count). The van der Waals surface area contributed by atoms with Crippen LogP contribution >= 0.6 is 27.7 Å². The van der Waals surface area contributed by atoms with Gasteiger partial charge in [-0.2, -0.15) is 0 Å². The first-order valence-electron chi connectivity index (χ1n) is 8.80. The minimum atomic E-state index is -0.129. The molecular formula is C22H18BrN3OS. The number of carbonyl (C=O) groups excluding carboxylic acids is 1. The monoisotopic (exact) mass is 451 g/mol. The van der Waals surface area contributed by atoms with Crippen LogP contribution in [-0.2, 0) is 4.79 Å². The molecule has 0 unspecified atom stereocenters. The molecule has 1 saturated heterocycles. The second-order valence-corrected chi connectivity index (χ2v) is 8.48. The maximum atomic E-state index is 12.4. The Morgan fingerprint density at radius 1 is 1.07 bits per heavy atom. The summed E-state index contributed by atoms with van der Waals surface area (Å²) in [7, 11) is 0. The summed E-state index contributed by atoms with van der Waals surface area (Å²) in [6.45, 7) is 4.13. The van der Waals surface area contributed by atoms with E-state index >= 15 is 0 Å². The van der Waals surface area contributed by atoms with Crippen LogP contribution in [0, 0.1) is 13.8 Å². The van der Waals surface area contributed by atoms with Crippen LogP contribution in [0.2, 0.25) is 0 Å². The molecule has 0 radical (unpaired) electrons. The van der Waals surface area contributed by atoms with Gasteiger partial charge in [0.25, 0.3) is 5.91 Å². The number of amides is 1. The molecule has 1 aliphatic heterocycles. The van der Waals surface area contributed by atoms with Gasteiger partial charge in [-0.3, -0.25) is 4.79 Å². The minimum absolute atomic E-state index is 0.129. The first kappa shape index (κ1) is 18.8. The summed E-state index contributed by atoms with van der Waals surface area (Å²) in [5.74, 6) is -0.129. The lowest BCUT2D eigenvalue weighted by atomic mass is 10.1. The highest BCUT2D eigenvalue weighted by Crippen LogP contribution is 2.29. The van der Waals surface area contributed by atoms with Gasteiger partial charge in [-0.05, 0) is 91.3 Å². The molecule has 2 heterocycles. The summed E-state index contributed by atoms with van der Waals surface area (Å²) in [6.07, 6.45) is 3.88. The highest BCUT2D eigenvalue weighted by Gasteiger charge is 2.24. The number of hydrogen-bond donors (Lipinski definition) is 1. The molecule has 0 bridgehead atoms. The number of aromatic nitrogens is 1. The Bertz CT molecular complexity index is 1110. The van der Waals surface area contributed by atoms with Gasteiger partial charge in [-0.15, -0.1) is 0 Å². The van der Waals surface area contributed by atoms with Gasteiger partial charge in [-0.25, -0.2) is 4.99 Å². The quantitative estimate of drug-likeness (QED) is 0.515. The normalized spacial score (nSPS) is 16.8. The number of benzene rings is 2. The van der Waals surface area contributed by atoms with Gasteiger partial charge >= 0.3 is 0 Å². The molecule has 1 amide bonds. The van der Waals surface area contributed by atoms with Crippen LogP contribution in [0.4, 0.5) is 5.69 Å². The number of nitrogens with one attached hydrogen (secondary N) is 1. The standard InChI is InChI=1S/C22H18BrN3OS/c1-14-5-8-17(12-15(14)2)24-22-25-21(27)20(28-22)13-19-4-3-11-26(19)18-9-6-16(23)7-10-18/h3-13H,1-2H3,(H,24,25,27)/b20-13-. The third kappa shape index (κ3) is 3.98. The van der Waals surface area contributed by atoms with Crippen LogP contribution in [0.3, 0.4) is 0 Å². The molecule has 28 heavy (non-hydrogen) atoms. The smallest absolute Gasteiger partial charge is 0.264 e. The lowest BCUT2D eigenvalue weighted by Crippen LogP contribution is -2.19. The van der Waals surface area contributed by atoms with Crippen molar-refractivity contribution in [3.05, 3.63) is 87.0 Å². The number of aliphatic imine (C=N–C) groups is 1. The zero-order chi connectivity index (χ0) is 19.7. The topological polar surface area (TPSA) is 46.4 Å². The number of rotatable bonds is 3. The second kappa shape index (κ2) is 7.81. The van der Waals surface area contributed by atoms with E-state index in [4.69, 9.17) is 0 Å². The Morgan fingerprint density at radius 3 is 2.61 bits per heavy atom. The van der Waals surface area contributed by atoms with Crippen molar-refractivity contribution >= 4 is 50.5 Å². The van der Waals surface area contributed by atoms with Crippen molar-refractivity contribution in [2.45, 2.75) is 13.8 Å². The molecule has 0 atom stereocenters. The van der Waals surface area contributed by atoms with Crippen molar-refractivity contribution in [1.82, 2.24) is 9.88 Å². The second-order valence-electron chi connectivity index (χ2n) is 6.53. The Kier molecular flexibility index (Phi) is 5.24. The maximum absolute atomic E-state index is 12.4. The largest absolute Gasteiger partial charge is 0.317 e. The Morgan fingerprint density at radius 2 is 1.86 bits per heavy atom. The van der Waals surface area contributed by atoms with E-state index in [0.29, 0.717) is 10.1 Å². The maximum Gasteiger partial charge on any atom is 0.264 e. The molecule has 3 aromatic rings. The van der Waals surface area contributed by atoms with Gasteiger partial charge in [-0.1, -0.05) is 22.0 Å². The van der Waals surface area contributed by atoms with Crippen LogP contribution < -0.4 is 5.32 Å². The van der Waals surface area contributed by atoms with Crippen molar-refractivity contribution in [3.8, 4) is 5.69 Å². The third-order valence-corrected chi connectivity index (χ3v) is 5.97. The molecular weight excluding hydrogens is 434 g/mol. The first-order chi connectivity index (χ1) is 13.5. The molecule has 4 nitrogen and oxygen atoms in total. The number of thioether (sulfide) groups is 1. The molecule has 1 aromatic heterocycles. The lowest BCUT2D eigenvalue weighted by Gasteiger charge is -2.07. The fourth-order valence-electron chi connectivity index (χ4n) is 2.88. The molecule has 0 aliphatic carbocycles. The highest BCUT2D eigenvalue weighted by atomic mass is 79.9. The Labute approximate surface area is 176 Å². The van der Waals surface area contributed by atoms with Crippen LogP contribution in [0.25, 0.3) is 11.8 Å². The van der Waals surface area contributed by atoms with E-state index in [1.165, 1.54) is 22.9 Å². The SMILES string of the molecule is Cc1ccc(N=C2NC(=O)/C(=C/c3cccn3-c3ccc(Br)cc3)S2)cc1C. The number of hydrogen-bond acceptors (Lipinski definition) is 3. The van der Waals surface area contributed by atoms with Crippen molar-refractivity contribution in [2.75, 3.05) is 0 Å². The fraction of sp³-hybridized carbons (Fsp3) is 0.0909. The average Bonchev–Trinajstić information content (AvgIpc) is 3.26. The van der Waals surface area contributed by atoms with Gasteiger partial charge in [0.2, 0.25) is 0 Å². The highest BCUT2D eigenvalue weighted by molar-refractivity contribution is 9.10. The molecule has 140 valence electrons. The van der Waals surface area contributed by atoms with Crippen molar-refractivity contribution in [3.63, 3.8) is 0 Å². The third-order valence-electron chi connectivity index (χ3n) is 4.54. The van der Waals surface area contributed by atoms with Crippen LogP contribution in [0.5, 0.6) is 0 Å². The summed E-state index contributed by atoms with van der Waals surface area (Å²) in [6, 6.07) is 18.0. The van der Waals surface area contributed by atoms with E-state index < -0.39 is 0 Å². The van der Waals surface area contributed by atoms with Crippen molar-refractivity contribution < 1.29 is 4.79 Å². The van der Waals surface area contributed by atoms with Crippen LogP contribution in [-0.4, -0.2) is 15.6 Å². The zero-order valence-corrected chi connectivity index (χ0v) is 17.8. The molecule has 2 aromatic carbocycles. The van der Waals surface area contributed by atoms with Gasteiger partial charge in [0.1, 0.15) is 0 Å². The number of halogens is 1. The number of nitrogens with zero attached hydrogens (tertiary/aromatic N) is 2. The molecule has 1 aliphatic rings. The van der Waals surface area contributed by atoms with Crippen molar-refractivity contribution in [1.29, 1.82) is 0 Å². The average molecular weight is 452 g/mol. The molecule has 1 fully saturated rings. The first-order valence-corrected chi connectivity index (χ1v) is 10.4. The van der Waals surface area contributed by atoms with Crippen LogP contribution in [0.15, 0.2) is 75.2 Å². The van der Waals surface area contributed by atoms with E-state index in [0.717, 1.165) is 21.5 Å². The zero-order valence-electron chi connectivity index (χ0n) is 15.4. The van der Waals surface area contributed by atoms with Gasteiger partial charge < -0.3 is 9.88 Å². The fourth-order valence-corrected chi connectivity index (χ4v) is 3.97. The summed E-state index contributed by atoms with van der Waals surface area (Å²) in [5, 5.41) is 3.45. The summed E-state index contributed by atoms with van der Waals surface area (Å²) >= 11 is 4.82. The summed E-state index contributed by atoms with van der Waals surface area (Å²) in [4.78, 5) is 17.6. The Hall–Kier alpha value is -2.57. The van der Waals surface area contributed by atoms with E-state index in [1.807, 2.05) is 71.4 Å². The number of aryl methyl sites for hydroxylation is 2. The predicted molar refractivity (Wildman–Crippen MR) is 120 cm³/mol. The molecule has 6 heteroatoms. The Balaban J connectivity index is 1.61. The number of amidine groups is 1. The molecule has 1 N–H and O–H groups in total. The molecule has 0 spiro atoms. The summed E-state index contributed by atoms with van der Waals surface area (Å²) < 4.78 is 3.08. The van der Waals surface area contributed by atoms with E-state index in [-0.39, 0.29) is 5.91 Å². The minimum Gasteiger partial charge on any atom is -0.317 e. The van der Waals surface area contributed by atoms with Gasteiger partial charge in [0.15, 0.2) is 5.17 Å². The van der Waals surface area contributed by atoms with E-state index in [9.17, 15) is 4.79 Å². The van der Waals surface area contributed by atoms with Crippen LogP contribution in [0.1, 0.15) is 16.8 Å². The van der Waals surface area contributed by atoms with Crippen molar-refractivity contribution in [2.24, 2.45) is 4.99 Å². The predicted octanol–water partition coefficient (Wildman–Crippen LogP) is 5.75. The summed E-state index contributed by atoms with van der Waals surface area (Å²) in [5.41, 5.74) is 5.21. The van der Waals surface area contributed by atoms with Gasteiger partial charge in [0.05, 0.1) is 10.6 Å². The molecule has 0 saturated carbocycles. The van der Waals surface area contributed by atoms with Gasteiger partial charge in [0, 0.05) is 22.1 Å². The van der Waals surface area contributed by atoms with E-state index in [2.05, 4.69) is 40.1 Å². The number of carbonyl (C=O) groups is 1. The lowest BCUT2D eigenvalue weighted by molar-refractivity contribution is -0.115.